The number of amides is 1. The maximum atomic E-state index is 12.6. The van der Waals surface area contributed by atoms with Crippen molar-refractivity contribution >= 4 is 61.6 Å². The largest absolute Gasteiger partial charge is 0.338 e. The minimum absolute atomic E-state index is 0.0448. The zero-order chi connectivity index (χ0) is 16.6. The quantitative estimate of drug-likeness (QED) is 0.749. The highest BCUT2D eigenvalue weighted by Crippen LogP contribution is 2.35. The molecule has 1 saturated heterocycles. The van der Waals surface area contributed by atoms with Crippen molar-refractivity contribution in [2.24, 2.45) is 0 Å². The molecule has 4 nitrogen and oxygen atoms in total. The van der Waals surface area contributed by atoms with Gasteiger partial charge in [0.25, 0.3) is 5.91 Å². The van der Waals surface area contributed by atoms with Gasteiger partial charge in [0, 0.05) is 18.0 Å². The molecule has 9 heteroatoms. The Morgan fingerprint density at radius 2 is 2.09 bits per heavy atom. The highest BCUT2D eigenvalue weighted by Gasteiger charge is 2.34. The van der Waals surface area contributed by atoms with Gasteiger partial charge in [-0.3, -0.25) is 4.79 Å². The molecule has 2 aromatic rings. The van der Waals surface area contributed by atoms with Crippen LogP contribution in [0.5, 0.6) is 0 Å². The fourth-order valence-electron chi connectivity index (χ4n) is 2.60. The molecule has 0 spiro atoms. The monoisotopic (exact) mass is 409 g/mol. The minimum atomic E-state index is -3.28. The lowest BCUT2D eigenvalue weighted by Gasteiger charge is -2.19. The molecule has 0 bridgehead atoms. The molecule has 0 N–H and O–H groups in total. The van der Waals surface area contributed by atoms with E-state index in [1.54, 1.807) is 4.90 Å². The molecule has 3 rings (SSSR count). The first-order valence-electron chi connectivity index (χ1n) is 6.87. The van der Waals surface area contributed by atoms with Crippen molar-refractivity contribution in [3.63, 3.8) is 0 Å². The van der Waals surface area contributed by atoms with Crippen LogP contribution in [0.2, 0.25) is 8.67 Å². The van der Waals surface area contributed by atoms with Crippen LogP contribution in [0.15, 0.2) is 23.6 Å². The molecular formula is C14H13Cl2NO3S3. The second kappa shape index (κ2) is 6.72. The van der Waals surface area contributed by atoms with E-state index in [0.717, 1.165) is 16.2 Å². The number of thiophene rings is 2. The van der Waals surface area contributed by atoms with Gasteiger partial charge in [0.2, 0.25) is 0 Å². The van der Waals surface area contributed by atoms with E-state index in [2.05, 4.69) is 0 Å². The van der Waals surface area contributed by atoms with Crippen LogP contribution >= 0.6 is 45.9 Å². The molecule has 23 heavy (non-hydrogen) atoms. The van der Waals surface area contributed by atoms with Gasteiger partial charge < -0.3 is 4.90 Å². The Hall–Kier alpha value is -0.600. The molecule has 1 aliphatic heterocycles. The van der Waals surface area contributed by atoms with Crippen molar-refractivity contribution < 1.29 is 13.2 Å². The van der Waals surface area contributed by atoms with Crippen molar-refractivity contribution in [2.75, 3.05) is 18.8 Å². The van der Waals surface area contributed by atoms with Crippen molar-refractivity contribution in [3.8, 4) is 0 Å². The third kappa shape index (κ3) is 3.58. The number of hydrogen-bond donors (Lipinski definition) is 0. The minimum Gasteiger partial charge on any atom is -0.338 e. The summed E-state index contributed by atoms with van der Waals surface area (Å²) in [6.45, 7) is 0.553. The summed E-state index contributed by atoms with van der Waals surface area (Å²) in [5, 5.41) is 1.33. The molecular weight excluding hydrogens is 397 g/mol. The van der Waals surface area contributed by atoms with Crippen LogP contribution < -0.4 is 0 Å². The van der Waals surface area contributed by atoms with E-state index in [0.29, 0.717) is 27.2 Å². The van der Waals surface area contributed by atoms with E-state index in [1.165, 1.54) is 17.4 Å². The third-order valence-corrected chi connectivity index (χ3v) is 8.51. The number of rotatable bonds is 2. The summed E-state index contributed by atoms with van der Waals surface area (Å²) in [4.78, 5) is 15.0. The fourth-order valence-corrected chi connectivity index (χ4v) is 7.05. The first-order valence-corrected chi connectivity index (χ1v) is 11.0. The molecule has 3 heterocycles. The van der Waals surface area contributed by atoms with Crippen LogP contribution in [-0.4, -0.2) is 38.1 Å². The van der Waals surface area contributed by atoms with Gasteiger partial charge in [0.05, 0.1) is 20.9 Å². The molecule has 0 radical (unpaired) electrons. The summed E-state index contributed by atoms with van der Waals surface area (Å²) in [5.74, 6) is -0.309. The van der Waals surface area contributed by atoms with Crippen LogP contribution in [0, 0.1) is 0 Å². The molecule has 1 fully saturated rings. The van der Waals surface area contributed by atoms with Crippen molar-refractivity contribution in [1.82, 2.24) is 4.90 Å². The Kier molecular flexibility index (Phi) is 5.04. The second-order valence-corrected chi connectivity index (χ2v) is 10.8. The van der Waals surface area contributed by atoms with Crippen LogP contribution in [0.1, 0.15) is 26.9 Å². The third-order valence-electron chi connectivity index (χ3n) is 3.78. The Labute approximate surface area is 152 Å². The van der Waals surface area contributed by atoms with Gasteiger partial charge in [-0.2, -0.15) is 0 Å². The number of carbonyl (C=O) groups excluding carboxylic acids is 1. The standard InChI is InChI=1S/C14H13Cl2NO3S3/c15-12-8-9(13(16)22-12)14(18)17-4-3-11(10-2-1-6-21-10)23(19,20)7-5-17/h1-2,6,8,11H,3-5,7H2. The van der Waals surface area contributed by atoms with E-state index >= 15 is 0 Å². The van der Waals surface area contributed by atoms with Gasteiger partial charge >= 0.3 is 0 Å². The SMILES string of the molecule is O=C(c1cc(Cl)sc1Cl)N1CCC(c2cccs2)S(=O)(=O)CC1. The first kappa shape index (κ1) is 17.2. The van der Waals surface area contributed by atoms with Gasteiger partial charge in [0.1, 0.15) is 4.34 Å². The molecule has 1 aliphatic rings. The fraction of sp³-hybridized carbons (Fsp3) is 0.357. The molecule has 1 amide bonds. The number of carbonyl (C=O) groups is 1. The van der Waals surface area contributed by atoms with Crippen molar-refractivity contribution in [1.29, 1.82) is 0 Å². The van der Waals surface area contributed by atoms with E-state index in [1.807, 2.05) is 17.5 Å². The first-order chi connectivity index (χ1) is 10.9. The topological polar surface area (TPSA) is 54.5 Å². The molecule has 1 unspecified atom stereocenters. The Balaban J connectivity index is 1.83. The van der Waals surface area contributed by atoms with Gasteiger partial charge in [-0.25, -0.2) is 8.42 Å². The summed E-state index contributed by atoms with van der Waals surface area (Å²) >= 11 is 14.5. The van der Waals surface area contributed by atoms with E-state index in [4.69, 9.17) is 23.2 Å². The smallest absolute Gasteiger partial charge is 0.256 e. The molecule has 124 valence electrons. The van der Waals surface area contributed by atoms with Gasteiger partial charge in [-0.1, -0.05) is 29.3 Å². The molecule has 2 aromatic heterocycles. The van der Waals surface area contributed by atoms with Gasteiger partial charge in [-0.05, 0) is 23.9 Å². The molecule has 0 aliphatic carbocycles. The highest BCUT2D eigenvalue weighted by molar-refractivity contribution is 7.91. The van der Waals surface area contributed by atoms with Crippen LogP contribution in [0.3, 0.4) is 0 Å². The average Bonchev–Trinajstić information content (AvgIpc) is 3.08. The summed E-state index contributed by atoms with van der Waals surface area (Å²) < 4.78 is 25.8. The zero-order valence-corrected chi connectivity index (χ0v) is 15.8. The zero-order valence-electron chi connectivity index (χ0n) is 11.9. The van der Waals surface area contributed by atoms with Crippen molar-refractivity contribution in [3.05, 3.63) is 42.7 Å². The summed E-state index contributed by atoms with van der Waals surface area (Å²) in [6.07, 6.45) is 0.393. The Morgan fingerprint density at radius 3 is 2.70 bits per heavy atom. The summed E-state index contributed by atoms with van der Waals surface area (Å²) in [6, 6.07) is 5.21. The predicted molar refractivity (Wildman–Crippen MR) is 95.7 cm³/mol. The van der Waals surface area contributed by atoms with E-state index in [9.17, 15) is 13.2 Å². The summed E-state index contributed by atoms with van der Waals surface area (Å²) in [7, 11) is -3.28. The lowest BCUT2D eigenvalue weighted by atomic mass is 10.2. The molecule has 1 atom stereocenters. The molecule has 0 saturated carbocycles. The average molecular weight is 410 g/mol. The normalized spacial score (nSPS) is 21.1. The lowest BCUT2D eigenvalue weighted by Crippen LogP contribution is -2.33. The highest BCUT2D eigenvalue weighted by atomic mass is 35.5. The van der Waals surface area contributed by atoms with Gasteiger partial charge in [-0.15, -0.1) is 22.7 Å². The Bertz CT molecular complexity index is 814. The van der Waals surface area contributed by atoms with Crippen LogP contribution in [0.4, 0.5) is 0 Å². The number of sulfone groups is 1. The predicted octanol–water partition coefficient (Wildman–Crippen LogP) is 4.12. The number of nitrogens with zero attached hydrogens (tertiary/aromatic N) is 1. The molecule has 0 aromatic carbocycles. The maximum absolute atomic E-state index is 12.6. The van der Waals surface area contributed by atoms with Crippen molar-refractivity contribution in [2.45, 2.75) is 11.7 Å². The summed E-state index contributed by atoms with van der Waals surface area (Å²) in [5.41, 5.74) is 0.341. The lowest BCUT2D eigenvalue weighted by molar-refractivity contribution is 0.0767. The second-order valence-electron chi connectivity index (χ2n) is 5.19. The van der Waals surface area contributed by atoms with E-state index in [-0.39, 0.29) is 18.2 Å². The van der Waals surface area contributed by atoms with Gasteiger partial charge in [0.15, 0.2) is 9.84 Å². The Morgan fingerprint density at radius 1 is 1.30 bits per heavy atom. The van der Waals surface area contributed by atoms with E-state index < -0.39 is 15.1 Å². The maximum Gasteiger partial charge on any atom is 0.256 e. The number of hydrogen-bond acceptors (Lipinski definition) is 5. The van der Waals surface area contributed by atoms with Crippen LogP contribution in [-0.2, 0) is 9.84 Å². The van der Waals surface area contributed by atoms with Crippen LogP contribution in [0.25, 0.3) is 0 Å². The number of halogens is 2.